The predicted octanol–water partition coefficient (Wildman–Crippen LogP) is 2.55. The minimum atomic E-state index is 0.343. The number of anilines is 1. The van der Waals surface area contributed by atoms with E-state index in [1.165, 1.54) is 17.7 Å². The van der Waals surface area contributed by atoms with Crippen molar-refractivity contribution in [2.75, 3.05) is 31.2 Å². The van der Waals surface area contributed by atoms with Gasteiger partial charge >= 0.3 is 0 Å². The van der Waals surface area contributed by atoms with E-state index < -0.39 is 0 Å². The normalized spacial score (nSPS) is 24.2. The van der Waals surface area contributed by atoms with Crippen molar-refractivity contribution in [1.82, 2.24) is 4.98 Å². The smallest absolute Gasteiger partial charge is 0.0809 e. The van der Waals surface area contributed by atoms with Crippen LogP contribution in [0.1, 0.15) is 31.2 Å². The van der Waals surface area contributed by atoms with Gasteiger partial charge in [-0.05, 0) is 44.2 Å². The summed E-state index contributed by atoms with van der Waals surface area (Å²) in [5.41, 5.74) is 2.57. The van der Waals surface area contributed by atoms with Crippen molar-refractivity contribution in [1.29, 1.82) is 0 Å². The largest absolute Gasteiger partial charge is 0.376 e. The van der Waals surface area contributed by atoms with E-state index in [2.05, 4.69) is 22.9 Å². The molecular weight excluding hydrogens is 252 g/mol. The molecule has 4 heteroatoms. The van der Waals surface area contributed by atoms with Gasteiger partial charge in [-0.1, -0.05) is 0 Å². The third-order valence-electron chi connectivity index (χ3n) is 4.32. The fourth-order valence-electron chi connectivity index (χ4n) is 3.10. The van der Waals surface area contributed by atoms with E-state index in [0.717, 1.165) is 45.6 Å². The number of hydrogen-bond acceptors (Lipinski definition) is 4. The van der Waals surface area contributed by atoms with E-state index in [1.54, 1.807) is 0 Å². The zero-order valence-corrected chi connectivity index (χ0v) is 12.3. The maximum absolute atomic E-state index is 6.02. The monoisotopic (exact) mass is 276 g/mol. The Morgan fingerprint density at radius 3 is 2.90 bits per heavy atom. The fraction of sp³-hybridized carbons (Fsp3) is 0.688. The lowest BCUT2D eigenvalue weighted by Gasteiger charge is -2.34. The van der Waals surface area contributed by atoms with Gasteiger partial charge < -0.3 is 14.4 Å². The summed E-state index contributed by atoms with van der Waals surface area (Å²) in [5.74, 6) is 0. The Kier molecular flexibility index (Phi) is 4.53. The summed E-state index contributed by atoms with van der Waals surface area (Å²) < 4.78 is 11.6. The summed E-state index contributed by atoms with van der Waals surface area (Å²) in [6.07, 6.45) is 9.12. The summed E-state index contributed by atoms with van der Waals surface area (Å²) in [6.45, 7) is 5.96. The molecule has 0 spiro atoms. The van der Waals surface area contributed by atoms with Gasteiger partial charge in [0.15, 0.2) is 0 Å². The number of pyridine rings is 1. The second-order valence-electron chi connectivity index (χ2n) is 5.82. The minimum absolute atomic E-state index is 0.343. The molecule has 0 N–H and O–H groups in total. The van der Waals surface area contributed by atoms with Crippen LogP contribution in [0.15, 0.2) is 18.5 Å². The highest BCUT2D eigenvalue weighted by molar-refractivity contribution is 5.51. The lowest BCUT2D eigenvalue weighted by atomic mass is 10.1. The SMILES string of the molecule is Cc1cnccc1N1CCC(OCC2CCCO2)CC1. The zero-order valence-electron chi connectivity index (χ0n) is 12.3. The van der Waals surface area contributed by atoms with Crippen LogP contribution in [0.2, 0.25) is 0 Å². The van der Waals surface area contributed by atoms with Crippen LogP contribution in [0.25, 0.3) is 0 Å². The molecule has 4 nitrogen and oxygen atoms in total. The summed E-state index contributed by atoms with van der Waals surface area (Å²) in [4.78, 5) is 6.61. The Hall–Kier alpha value is -1.13. The molecule has 110 valence electrons. The summed E-state index contributed by atoms with van der Waals surface area (Å²) in [6, 6.07) is 2.11. The molecule has 0 amide bonds. The Morgan fingerprint density at radius 2 is 2.20 bits per heavy atom. The lowest BCUT2D eigenvalue weighted by Crippen LogP contribution is -2.38. The standard InChI is InChI=1S/C16H24N2O2/c1-13-11-17-7-4-16(13)18-8-5-14(6-9-18)20-12-15-3-2-10-19-15/h4,7,11,14-15H,2-3,5-6,8-10,12H2,1H3. The number of aryl methyl sites for hydroxylation is 1. The van der Waals surface area contributed by atoms with Gasteiger partial charge in [-0.2, -0.15) is 0 Å². The summed E-state index contributed by atoms with van der Waals surface area (Å²) in [5, 5.41) is 0. The van der Waals surface area contributed by atoms with Crippen LogP contribution in [0, 0.1) is 6.92 Å². The third-order valence-corrected chi connectivity index (χ3v) is 4.32. The molecule has 0 saturated carbocycles. The average Bonchev–Trinajstić information content (AvgIpc) is 3.00. The first-order valence-electron chi connectivity index (χ1n) is 7.71. The fourth-order valence-corrected chi connectivity index (χ4v) is 3.10. The number of nitrogens with zero attached hydrogens (tertiary/aromatic N) is 2. The number of aromatic nitrogens is 1. The molecular formula is C16H24N2O2. The Labute approximate surface area is 121 Å². The molecule has 1 aromatic heterocycles. The van der Waals surface area contributed by atoms with Gasteiger partial charge in [0.2, 0.25) is 0 Å². The van der Waals surface area contributed by atoms with Crippen molar-refractivity contribution >= 4 is 5.69 Å². The molecule has 0 radical (unpaired) electrons. The molecule has 1 unspecified atom stereocenters. The van der Waals surface area contributed by atoms with Crippen LogP contribution >= 0.6 is 0 Å². The molecule has 3 rings (SSSR count). The molecule has 1 aromatic rings. The Balaban J connectivity index is 1.46. The molecule has 2 aliphatic heterocycles. The van der Waals surface area contributed by atoms with Crippen molar-refractivity contribution < 1.29 is 9.47 Å². The van der Waals surface area contributed by atoms with Gasteiger partial charge in [-0.25, -0.2) is 0 Å². The van der Waals surface area contributed by atoms with Crippen LogP contribution < -0.4 is 4.90 Å². The molecule has 3 heterocycles. The predicted molar refractivity (Wildman–Crippen MR) is 79.1 cm³/mol. The van der Waals surface area contributed by atoms with Gasteiger partial charge in [-0.15, -0.1) is 0 Å². The van der Waals surface area contributed by atoms with E-state index >= 15 is 0 Å². The van der Waals surface area contributed by atoms with Gasteiger partial charge in [0.05, 0.1) is 18.8 Å². The third kappa shape index (κ3) is 3.30. The maximum Gasteiger partial charge on any atom is 0.0809 e. The van der Waals surface area contributed by atoms with Gasteiger partial charge in [-0.3, -0.25) is 4.98 Å². The molecule has 0 aromatic carbocycles. The summed E-state index contributed by atoms with van der Waals surface area (Å²) >= 11 is 0. The van der Waals surface area contributed by atoms with E-state index in [4.69, 9.17) is 9.47 Å². The molecule has 2 fully saturated rings. The topological polar surface area (TPSA) is 34.6 Å². The molecule has 2 saturated heterocycles. The van der Waals surface area contributed by atoms with Crippen LogP contribution in [0.5, 0.6) is 0 Å². The van der Waals surface area contributed by atoms with Crippen LogP contribution in [-0.4, -0.2) is 43.5 Å². The van der Waals surface area contributed by atoms with Crippen molar-refractivity contribution in [3.63, 3.8) is 0 Å². The van der Waals surface area contributed by atoms with Crippen LogP contribution in [0.3, 0.4) is 0 Å². The summed E-state index contributed by atoms with van der Waals surface area (Å²) in [7, 11) is 0. The Morgan fingerprint density at radius 1 is 1.35 bits per heavy atom. The highest BCUT2D eigenvalue weighted by atomic mass is 16.5. The first-order chi connectivity index (χ1) is 9.83. The van der Waals surface area contributed by atoms with Gasteiger partial charge in [0.1, 0.15) is 0 Å². The maximum atomic E-state index is 6.02. The Bertz CT molecular complexity index is 424. The highest BCUT2D eigenvalue weighted by Crippen LogP contribution is 2.24. The average molecular weight is 276 g/mol. The van der Waals surface area contributed by atoms with Gasteiger partial charge in [0, 0.05) is 37.8 Å². The van der Waals surface area contributed by atoms with Crippen molar-refractivity contribution in [3.8, 4) is 0 Å². The molecule has 0 aliphatic carbocycles. The number of hydrogen-bond donors (Lipinski definition) is 0. The highest BCUT2D eigenvalue weighted by Gasteiger charge is 2.23. The van der Waals surface area contributed by atoms with E-state index in [1.807, 2.05) is 12.4 Å². The number of ether oxygens (including phenoxy) is 2. The van der Waals surface area contributed by atoms with Crippen molar-refractivity contribution in [3.05, 3.63) is 24.0 Å². The lowest BCUT2D eigenvalue weighted by molar-refractivity contribution is -0.0280. The number of piperidine rings is 1. The first-order valence-corrected chi connectivity index (χ1v) is 7.71. The van der Waals surface area contributed by atoms with Crippen LogP contribution in [0.4, 0.5) is 5.69 Å². The zero-order chi connectivity index (χ0) is 13.8. The molecule has 2 aliphatic rings. The first kappa shape index (κ1) is 13.8. The van der Waals surface area contributed by atoms with E-state index in [-0.39, 0.29) is 0 Å². The minimum Gasteiger partial charge on any atom is -0.376 e. The van der Waals surface area contributed by atoms with Crippen molar-refractivity contribution in [2.45, 2.75) is 44.8 Å². The number of rotatable bonds is 4. The van der Waals surface area contributed by atoms with Crippen LogP contribution in [-0.2, 0) is 9.47 Å². The molecule has 0 bridgehead atoms. The second-order valence-corrected chi connectivity index (χ2v) is 5.82. The van der Waals surface area contributed by atoms with Gasteiger partial charge in [0.25, 0.3) is 0 Å². The quantitative estimate of drug-likeness (QED) is 0.846. The second kappa shape index (κ2) is 6.55. The molecule has 1 atom stereocenters. The van der Waals surface area contributed by atoms with E-state index in [9.17, 15) is 0 Å². The van der Waals surface area contributed by atoms with Crippen molar-refractivity contribution in [2.24, 2.45) is 0 Å². The van der Waals surface area contributed by atoms with E-state index in [0.29, 0.717) is 12.2 Å². The molecule has 20 heavy (non-hydrogen) atoms.